The molecule has 0 saturated heterocycles. The van der Waals surface area contributed by atoms with Gasteiger partial charge in [0.25, 0.3) is 0 Å². The van der Waals surface area contributed by atoms with E-state index >= 15 is 0 Å². The Morgan fingerprint density at radius 1 is 0.463 bits per heavy atom. The molecule has 0 N–H and O–H groups in total. The highest BCUT2D eigenvalue weighted by atomic mass is 14.7. The van der Waals surface area contributed by atoms with Crippen molar-refractivity contribution in [3.63, 3.8) is 0 Å². The molecule has 0 fully saturated rings. The van der Waals surface area contributed by atoms with Gasteiger partial charge in [-0.3, -0.25) is 0 Å². The molecular formula is C46H18N8. The van der Waals surface area contributed by atoms with Crippen molar-refractivity contribution in [2.45, 2.75) is 0 Å². The van der Waals surface area contributed by atoms with Gasteiger partial charge >= 0.3 is 0 Å². The zero-order chi connectivity index (χ0) is 37.9. The van der Waals surface area contributed by atoms with Gasteiger partial charge in [-0.1, -0.05) is 84.9 Å². The first kappa shape index (κ1) is 33.5. The standard InChI is InChI=1S/C46H18N8/c1-52-33-17-32(18-34(19-33)53-2)40(25-50)45-37-20-35-36(21-38(37)46(54-3)43(45)30-12-8-5-9-13-30)44(42(41(35)26-51)29-10-6-4-7-11-29)39(24-49)31-15-27(22-47)14-28(16-31)23-48/h4-21H/b44-39-,45-40-. The van der Waals surface area contributed by atoms with Crippen LogP contribution in [0.15, 0.2) is 109 Å². The minimum atomic E-state index is 0.125. The van der Waals surface area contributed by atoms with Gasteiger partial charge in [0.1, 0.15) is 18.2 Å². The number of allylic oxidation sites excluding steroid dienone is 7. The molecule has 7 rings (SSSR count). The van der Waals surface area contributed by atoms with Gasteiger partial charge in [-0.2, -0.15) is 26.3 Å². The first-order valence-corrected chi connectivity index (χ1v) is 16.1. The largest absolute Gasteiger partial charge is 0.239 e. The maximum Gasteiger partial charge on any atom is 0.203 e. The fourth-order valence-corrected chi connectivity index (χ4v) is 7.03. The van der Waals surface area contributed by atoms with Crippen LogP contribution in [0.5, 0.6) is 0 Å². The first-order valence-electron chi connectivity index (χ1n) is 16.1. The fourth-order valence-electron chi connectivity index (χ4n) is 7.03. The third-order valence-corrected chi connectivity index (χ3v) is 9.21. The van der Waals surface area contributed by atoms with Crippen LogP contribution in [0.25, 0.3) is 59.2 Å². The molecule has 8 nitrogen and oxygen atoms in total. The average molecular weight is 683 g/mol. The van der Waals surface area contributed by atoms with Crippen molar-refractivity contribution < 1.29 is 0 Å². The molecule has 242 valence electrons. The lowest BCUT2D eigenvalue weighted by Gasteiger charge is -2.15. The van der Waals surface area contributed by atoms with Crippen LogP contribution in [0.4, 0.5) is 11.4 Å². The summed E-state index contributed by atoms with van der Waals surface area (Å²) in [6.45, 7) is 23.8. The molecule has 5 aromatic carbocycles. The average Bonchev–Trinajstić information content (AvgIpc) is 3.72. The van der Waals surface area contributed by atoms with Crippen LogP contribution in [-0.2, 0) is 0 Å². The van der Waals surface area contributed by atoms with E-state index in [1.165, 1.54) is 36.4 Å². The minimum absolute atomic E-state index is 0.125. The highest BCUT2D eigenvalue weighted by Gasteiger charge is 2.37. The molecule has 5 aromatic rings. The molecule has 0 saturated carbocycles. The number of fused-ring (bicyclic) bond motifs is 2. The van der Waals surface area contributed by atoms with Gasteiger partial charge in [-0.25, -0.2) is 14.5 Å². The summed E-state index contributed by atoms with van der Waals surface area (Å²) in [5.74, 6) is 0. The molecule has 0 radical (unpaired) electrons. The van der Waals surface area contributed by atoms with Crippen molar-refractivity contribution >= 4 is 56.1 Å². The van der Waals surface area contributed by atoms with E-state index in [4.69, 9.17) is 19.7 Å². The number of hydrogen-bond donors (Lipinski definition) is 0. The number of benzene rings is 5. The lowest BCUT2D eigenvalue weighted by atomic mass is 9.87. The smallest absolute Gasteiger partial charge is 0.203 e. The predicted molar refractivity (Wildman–Crippen MR) is 205 cm³/mol. The van der Waals surface area contributed by atoms with Crippen LogP contribution in [0.2, 0.25) is 0 Å². The van der Waals surface area contributed by atoms with Gasteiger partial charge < -0.3 is 0 Å². The van der Waals surface area contributed by atoms with Gasteiger partial charge in [0.2, 0.25) is 5.70 Å². The molecule has 2 aliphatic carbocycles. The Hall–Kier alpha value is -9.02. The summed E-state index contributed by atoms with van der Waals surface area (Å²) in [4.78, 5) is 11.1. The lowest BCUT2D eigenvalue weighted by molar-refractivity contribution is 1.43. The second-order valence-electron chi connectivity index (χ2n) is 12.1. The Balaban J connectivity index is 1.66. The third-order valence-electron chi connectivity index (χ3n) is 9.21. The summed E-state index contributed by atoms with van der Waals surface area (Å²) in [6.07, 6.45) is 0. The summed E-state index contributed by atoms with van der Waals surface area (Å²) < 4.78 is 0. The van der Waals surface area contributed by atoms with Crippen LogP contribution >= 0.6 is 0 Å². The summed E-state index contributed by atoms with van der Waals surface area (Å²) >= 11 is 0. The fraction of sp³-hybridized carbons (Fsp3) is 0. The summed E-state index contributed by atoms with van der Waals surface area (Å²) in [6, 6.07) is 41.9. The Kier molecular flexibility index (Phi) is 8.50. The highest BCUT2D eigenvalue weighted by molar-refractivity contribution is 6.34. The predicted octanol–water partition coefficient (Wildman–Crippen LogP) is 10.6. The molecule has 54 heavy (non-hydrogen) atoms. The van der Waals surface area contributed by atoms with Crippen LogP contribution in [0.3, 0.4) is 0 Å². The Morgan fingerprint density at radius 2 is 0.944 bits per heavy atom. The molecule has 0 unspecified atom stereocenters. The number of nitrogens with zero attached hydrogens (tertiary/aromatic N) is 8. The monoisotopic (exact) mass is 682 g/mol. The Labute approximate surface area is 310 Å². The van der Waals surface area contributed by atoms with E-state index in [0.717, 1.165) is 0 Å². The molecule has 8 heteroatoms. The third kappa shape index (κ3) is 5.35. The first-order chi connectivity index (χ1) is 26.4. The van der Waals surface area contributed by atoms with Crippen molar-refractivity contribution in [1.82, 2.24) is 0 Å². The Morgan fingerprint density at radius 3 is 1.43 bits per heavy atom. The summed E-state index contributed by atoms with van der Waals surface area (Å²) in [5, 5.41) is 52.1. The summed E-state index contributed by atoms with van der Waals surface area (Å²) in [5.41, 5.74) is 7.04. The van der Waals surface area contributed by atoms with Gasteiger partial charge in [0.15, 0.2) is 11.4 Å². The van der Waals surface area contributed by atoms with E-state index in [1.54, 1.807) is 12.1 Å². The molecular weight excluding hydrogens is 665 g/mol. The van der Waals surface area contributed by atoms with Crippen LogP contribution < -0.4 is 0 Å². The lowest BCUT2D eigenvalue weighted by Crippen LogP contribution is -1.97. The Bertz CT molecular complexity index is 2720. The van der Waals surface area contributed by atoms with Crippen LogP contribution in [0.1, 0.15) is 55.6 Å². The zero-order valence-corrected chi connectivity index (χ0v) is 28.0. The van der Waals surface area contributed by atoms with Gasteiger partial charge in [-0.15, -0.1) is 0 Å². The van der Waals surface area contributed by atoms with Crippen molar-refractivity contribution in [2.75, 3.05) is 0 Å². The molecule has 0 spiro atoms. The molecule has 2 aliphatic rings. The molecule has 0 aromatic heterocycles. The van der Waals surface area contributed by atoms with Crippen LogP contribution in [0, 0.1) is 76.4 Å². The second kappa shape index (κ2) is 13.7. The SMILES string of the molecule is [C-]#[N+]C1=C(c2ccccc2)/C(=C(/C#N)c2cc([N+]#[C-])cc([N+]#[C-])c2)c2cc3c(cc21)/C(=C(\C#N)c1cc(C#N)cc(C#N)c1)C(c1ccccc1)=C3C#N. The maximum absolute atomic E-state index is 10.9. The van der Waals surface area contributed by atoms with E-state index < -0.39 is 0 Å². The normalized spacial score (nSPS) is 14.1. The van der Waals surface area contributed by atoms with Crippen molar-refractivity contribution in [2.24, 2.45) is 0 Å². The van der Waals surface area contributed by atoms with Gasteiger partial charge in [0.05, 0.1) is 59.7 Å². The van der Waals surface area contributed by atoms with E-state index in [0.29, 0.717) is 66.8 Å². The molecule has 0 heterocycles. The topological polar surface area (TPSA) is 132 Å². The van der Waals surface area contributed by atoms with E-state index in [2.05, 4.69) is 44.9 Å². The molecule has 0 atom stereocenters. The van der Waals surface area contributed by atoms with E-state index in [1.807, 2.05) is 60.7 Å². The van der Waals surface area contributed by atoms with Crippen molar-refractivity contribution in [1.29, 1.82) is 26.3 Å². The second-order valence-corrected chi connectivity index (χ2v) is 12.1. The van der Waals surface area contributed by atoms with Gasteiger partial charge in [-0.05, 0) is 74.4 Å². The number of hydrogen-bond acceptors (Lipinski definition) is 5. The number of rotatable bonds is 4. The molecule has 0 amide bonds. The zero-order valence-electron chi connectivity index (χ0n) is 28.0. The van der Waals surface area contributed by atoms with Crippen molar-refractivity contribution in [3.8, 4) is 30.3 Å². The van der Waals surface area contributed by atoms with Crippen molar-refractivity contribution in [3.05, 3.63) is 199 Å². The minimum Gasteiger partial charge on any atom is -0.239 e. The number of nitriles is 5. The van der Waals surface area contributed by atoms with E-state index in [9.17, 15) is 26.3 Å². The van der Waals surface area contributed by atoms with Crippen LogP contribution in [-0.4, -0.2) is 0 Å². The van der Waals surface area contributed by atoms with Gasteiger partial charge in [0, 0.05) is 16.7 Å². The maximum atomic E-state index is 10.9. The quantitative estimate of drug-likeness (QED) is 0.137. The highest BCUT2D eigenvalue weighted by Crippen LogP contribution is 2.56. The molecule has 0 bridgehead atoms. The molecule has 0 aliphatic heterocycles. The van der Waals surface area contributed by atoms with E-state index in [-0.39, 0.29) is 44.9 Å². The summed E-state index contributed by atoms with van der Waals surface area (Å²) in [7, 11) is 0.